The molecule has 2 nitrogen and oxygen atoms in total. The van der Waals surface area contributed by atoms with Crippen LogP contribution < -0.4 is 5.73 Å². The van der Waals surface area contributed by atoms with Crippen LogP contribution in [-0.4, -0.2) is 30.1 Å². The van der Waals surface area contributed by atoms with Crippen LogP contribution in [0.3, 0.4) is 0 Å². The van der Waals surface area contributed by atoms with Crippen molar-refractivity contribution in [2.45, 2.75) is 85.1 Å². The van der Waals surface area contributed by atoms with Gasteiger partial charge in [0.15, 0.2) is 0 Å². The molecule has 2 atom stereocenters. The van der Waals surface area contributed by atoms with Gasteiger partial charge in [0.2, 0.25) is 0 Å². The lowest BCUT2D eigenvalue weighted by Crippen LogP contribution is -2.55. The lowest BCUT2D eigenvalue weighted by atomic mass is 9.82. The Kier molecular flexibility index (Phi) is 10.6. The van der Waals surface area contributed by atoms with Gasteiger partial charge in [-0.05, 0) is 44.7 Å². The maximum absolute atomic E-state index is 6.22. The first-order chi connectivity index (χ1) is 9.10. The first kappa shape index (κ1) is 18.9. The van der Waals surface area contributed by atoms with Gasteiger partial charge >= 0.3 is 0 Å². The second-order valence-electron chi connectivity index (χ2n) is 6.19. The Hall–Kier alpha value is -0.0800. The molecular weight excluding hydrogens is 232 g/mol. The van der Waals surface area contributed by atoms with Gasteiger partial charge in [0, 0.05) is 12.1 Å². The lowest BCUT2D eigenvalue weighted by molar-refractivity contribution is 0.0626. The Morgan fingerprint density at radius 2 is 1.53 bits per heavy atom. The normalized spacial score (nSPS) is 16.6. The van der Waals surface area contributed by atoms with E-state index >= 15 is 0 Å². The Morgan fingerprint density at radius 3 is 1.84 bits per heavy atom. The van der Waals surface area contributed by atoms with Gasteiger partial charge in [-0.1, -0.05) is 53.9 Å². The zero-order chi connectivity index (χ0) is 14.7. The lowest BCUT2D eigenvalue weighted by Gasteiger charge is -2.45. The van der Waals surface area contributed by atoms with Crippen LogP contribution in [0.15, 0.2) is 0 Å². The molecule has 0 heterocycles. The highest BCUT2D eigenvalue weighted by atomic mass is 15.2. The van der Waals surface area contributed by atoms with E-state index in [9.17, 15) is 0 Å². The molecule has 19 heavy (non-hydrogen) atoms. The van der Waals surface area contributed by atoms with E-state index in [2.05, 4.69) is 39.5 Å². The second-order valence-corrected chi connectivity index (χ2v) is 6.19. The molecule has 0 aliphatic heterocycles. The fourth-order valence-electron chi connectivity index (χ4n) is 2.93. The smallest absolute Gasteiger partial charge is 0.0331 e. The third-order valence-corrected chi connectivity index (χ3v) is 4.70. The number of hydrogen-bond donors (Lipinski definition) is 1. The zero-order valence-corrected chi connectivity index (χ0v) is 14.2. The Balaban J connectivity index is 4.87. The number of unbranched alkanes of at least 4 members (excludes halogenated alkanes) is 2. The predicted molar refractivity (Wildman–Crippen MR) is 87.5 cm³/mol. The SMILES string of the molecule is CCCCN(CCCC)C(CC)(CN)CC(C)CC. The summed E-state index contributed by atoms with van der Waals surface area (Å²) in [5.74, 6) is 0.772. The molecule has 0 aromatic heterocycles. The highest BCUT2D eigenvalue weighted by Gasteiger charge is 2.34. The summed E-state index contributed by atoms with van der Waals surface area (Å²) in [4.78, 5) is 2.71. The minimum absolute atomic E-state index is 0.236. The largest absolute Gasteiger partial charge is 0.329 e. The van der Waals surface area contributed by atoms with Crippen molar-refractivity contribution >= 4 is 0 Å². The van der Waals surface area contributed by atoms with Crippen LogP contribution in [0.4, 0.5) is 0 Å². The summed E-state index contributed by atoms with van der Waals surface area (Å²) in [6.45, 7) is 14.8. The van der Waals surface area contributed by atoms with E-state index in [0.29, 0.717) is 0 Å². The first-order valence-electron chi connectivity index (χ1n) is 8.55. The van der Waals surface area contributed by atoms with Crippen LogP contribution in [0.5, 0.6) is 0 Å². The third-order valence-electron chi connectivity index (χ3n) is 4.70. The minimum Gasteiger partial charge on any atom is -0.329 e. The molecule has 0 fully saturated rings. The molecule has 2 N–H and O–H groups in total. The Morgan fingerprint density at radius 1 is 1.00 bits per heavy atom. The van der Waals surface area contributed by atoms with Crippen LogP contribution in [0.2, 0.25) is 0 Å². The molecule has 0 saturated heterocycles. The van der Waals surface area contributed by atoms with E-state index in [4.69, 9.17) is 5.73 Å². The van der Waals surface area contributed by atoms with Crippen molar-refractivity contribution in [3.63, 3.8) is 0 Å². The van der Waals surface area contributed by atoms with Crippen molar-refractivity contribution in [3.05, 3.63) is 0 Å². The van der Waals surface area contributed by atoms with Gasteiger partial charge in [0.1, 0.15) is 0 Å². The molecule has 2 unspecified atom stereocenters. The summed E-state index contributed by atoms with van der Waals surface area (Å²) in [6.07, 6.45) is 8.84. The molecular formula is C17H38N2. The highest BCUT2D eigenvalue weighted by Crippen LogP contribution is 2.29. The van der Waals surface area contributed by atoms with Crippen molar-refractivity contribution in [1.82, 2.24) is 4.90 Å². The zero-order valence-electron chi connectivity index (χ0n) is 14.2. The highest BCUT2D eigenvalue weighted by molar-refractivity contribution is 4.92. The van der Waals surface area contributed by atoms with Crippen LogP contribution >= 0.6 is 0 Å². The quantitative estimate of drug-likeness (QED) is 0.568. The number of rotatable bonds is 12. The molecule has 0 spiro atoms. The topological polar surface area (TPSA) is 29.3 Å². The molecule has 0 bridgehead atoms. The van der Waals surface area contributed by atoms with Crippen LogP contribution in [-0.2, 0) is 0 Å². The van der Waals surface area contributed by atoms with Crippen LogP contribution in [0.25, 0.3) is 0 Å². The summed E-state index contributed by atoms with van der Waals surface area (Å²) in [5, 5.41) is 0. The van der Waals surface area contributed by atoms with Crippen molar-refractivity contribution in [2.24, 2.45) is 11.7 Å². The average molecular weight is 271 g/mol. The van der Waals surface area contributed by atoms with Crippen molar-refractivity contribution in [2.75, 3.05) is 19.6 Å². The molecule has 2 heteroatoms. The third kappa shape index (κ3) is 6.27. The van der Waals surface area contributed by atoms with Gasteiger partial charge < -0.3 is 5.73 Å². The van der Waals surface area contributed by atoms with Crippen LogP contribution in [0.1, 0.15) is 79.6 Å². The van der Waals surface area contributed by atoms with Crippen molar-refractivity contribution in [1.29, 1.82) is 0 Å². The van der Waals surface area contributed by atoms with E-state index in [1.165, 1.54) is 58.0 Å². The number of nitrogens with zero attached hydrogens (tertiary/aromatic N) is 1. The average Bonchev–Trinajstić information content (AvgIpc) is 2.45. The first-order valence-corrected chi connectivity index (χ1v) is 8.55. The molecule has 0 aliphatic rings. The Bertz CT molecular complexity index is 191. The molecule has 0 radical (unpaired) electrons. The summed E-state index contributed by atoms with van der Waals surface area (Å²) in [7, 11) is 0. The fourth-order valence-corrected chi connectivity index (χ4v) is 2.93. The van der Waals surface area contributed by atoms with E-state index in [0.717, 1.165) is 12.5 Å². The summed E-state index contributed by atoms with van der Waals surface area (Å²) < 4.78 is 0. The van der Waals surface area contributed by atoms with Crippen molar-refractivity contribution in [3.8, 4) is 0 Å². The standard InChI is InChI=1S/C17H38N2/c1-6-10-12-19(13-11-7-2)17(9-4,15-18)14-16(5)8-3/h16H,6-15,18H2,1-5H3. The van der Waals surface area contributed by atoms with Gasteiger partial charge in [-0.3, -0.25) is 4.90 Å². The monoisotopic (exact) mass is 270 g/mol. The molecule has 0 saturated carbocycles. The molecule has 0 amide bonds. The van der Waals surface area contributed by atoms with E-state index in [-0.39, 0.29) is 5.54 Å². The van der Waals surface area contributed by atoms with E-state index in [1.807, 2.05) is 0 Å². The predicted octanol–water partition coefficient (Wildman–Crippen LogP) is 4.43. The maximum Gasteiger partial charge on any atom is 0.0331 e. The molecule has 0 aromatic rings. The number of hydrogen-bond acceptors (Lipinski definition) is 2. The second kappa shape index (κ2) is 10.7. The summed E-state index contributed by atoms with van der Waals surface area (Å²) in [5.41, 5.74) is 6.46. The fraction of sp³-hybridized carbons (Fsp3) is 1.00. The molecule has 0 aromatic carbocycles. The van der Waals surface area contributed by atoms with E-state index in [1.54, 1.807) is 0 Å². The van der Waals surface area contributed by atoms with Gasteiger partial charge in [-0.25, -0.2) is 0 Å². The molecule has 116 valence electrons. The minimum atomic E-state index is 0.236. The van der Waals surface area contributed by atoms with Gasteiger partial charge in [-0.2, -0.15) is 0 Å². The number of nitrogens with two attached hydrogens (primary N) is 1. The summed E-state index contributed by atoms with van der Waals surface area (Å²) >= 11 is 0. The molecule has 0 rings (SSSR count). The molecule has 0 aliphatic carbocycles. The maximum atomic E-state index is 6.22. The van der Waals surface area contributed by atoms with Gasteiger partial charge in [-0.15, -0.1) is 0 Å². The van der Waals surface area contributed by atoms with E-state index < -0.39 is 0 Å². The van der Waals surface area contributed by atoms with Crippen molar-refractivity contribution < 1.29 is 0 Å². The van der Waals surface area contributed by atoms with Gasteiger partial charge in [0.05, 0.1) is 0 Å². The Labute approximate surface area is 122 Å². The van der Waals surface area contributed by atoms with Crippen LogP contribution in [0, 0.1) is 5.92 Å². The summed E-state index contributed by atoms with van der Waals surface area (Å²) in [6, 6.07) is 0. The van der Waals surface area contributed by atoms with Gasteiger partial charge in [0.25, 0.3) is 0 Å².